The second kappa shape index (κ2) is 18.6. The first-order valence-corrected chi connectivity index (χ1v) is 25.0. The van der Waals surface area contributed by atoms with Crippen LogP contribution in [0.15, 0.2) is 21.8 Å². The minimum absolute atomic E-state index is 0.0688. The van der Waals surface area contributed by atoms with E-state index in [-0.39, 0.29) is 12.0 Å². The fourth-order valence-electron chi connectivity index (χ4n) is 6.23. The molecule has 1 N–H and O–H groups in total. The van der Waals surface area contributed by atoms with Gasteiger partial charge in [0, 0.05) is 0 Å². The molecule has 0 aromatic carbocycles. The topological polar surface area (TPSA) is 29.5 Å². The molecule has 0 aromatic heterocycles. The molecule has 0 aromatic rings. The van der Waals surface area contributed by atoms with E-state index in [0.717, 1.165) is 6.42 Å². The Morgan fingerprint density at radius 1 is 0.800 bits per heavy atom. The summed E-state index contributed by atoms with van der Waals surface area (Å²) >= 11 is -2.29. The van der Waals surface area contributed by atoms with Crippen molar-refractivity contribution in [1.29, 1.82) is 0 Å². The zero-order valence-corrected chi connectivity index (χ0v) is 29.6. The number of hydrogen-bond acceptors (Lipinski definition) is 2. The second-order valence-corrected chi connectivity index (χ2v) is 30.7. The van der Waals surface area contributed by atoms with E-state index in [1.807, 2.05) is 0 Å². The summed E-state index contributed by atoms with van der Waals surface area (Å²) in [6.45, 7) is 26.1. The summed E-state index contributed by atoms with van der Waals surface area (Å²) in [5, 5.41) is 10.9. The number of rotatable bonds is 20. The Morgan fingerprint density at radius 2 is 1.23 bits per heavy atom. The van der Waals surface area contributed by atoms with Crippen LogP contribution in [0.1, 0.15) is 121 Å². The molecule has 0 rings (SSSR count). The standard InChI is InChI=1S/C19H37O2Si.3C4H9.Sn/c1-10-17(9)12-18(19(20)11-2)13-21-22(14(3)4,15(5)6)16(7)8;3*1-3-4-2;/h1,10,12,14-16,18-20H,11,13H2,2-9H3;3*1,3-4H2,2H3;/b10-1?,17-12+;;;;/t18-,19-;;;;/m1..../s1. The van der Waals surface area contributed by atoms with Gasteiger partial charge in [0.25, 0.3) is 0 Å². The van der Waals surface area contributed by atoms with Gasteiger partial charge in [-0.15, -0.1) is 0 Å². The SMILES string of the molecule is CCC[CH2][Sn](/[CH]=C\C(C)=C\[C@H](CO[Si](C(C)C)(C(C)C)C(C)C)[C@H](O)CC)([CH2]CCC)[CH2]CCC. The molecule has 0 spiro atoms. The molecule has 0 aliphatic carbocycles. The number of hydrogen-bond donors (Lipinski definition) is 1. The Kier molecular flexibility index (Phi) is 18.9. The summed E-state index contributed by atoms with van der Waals surface area (Å²) in [6.07, 6.45) is 13.4. The molecule has 0 fully saturated rings. The van der Waals surface area contributed by atoms with Crippen LogP contribution in [-0.2, 0) is 4.43 Å². The molecule has 0 amide bonds. The van der Waals surface area contributed by atoms with Crippen LogP contribution in [0.3, 0.4) is 0 Å². The van der Waals surface area contributed by atoms with Gasteiger partial charge in [0.2, 0.25) is 0 Å². The van der Waals surface area contributed by atoms with E-state index in [0.29, 0.717) is 23.2 Å². The van der Waals surface area contributed by atoms with Crippen LogP contribution in [0.25, 0.3) is 0 Å². The van der Waals surface area contributed by atoms with Crippen LogP contribution in [0.4, 0.5) is 0 Å². The van der Waals surface area contributed by atoms with E-state index in [4.69, 9.17) is 4.43 Å². The first-order valence-electron chi connectivity index (χ1n) is 15.2. The Hall–Kier alpha value is 0.416. The zero-order valence-electron chi connectivity index (χ0n) is 25.8. The number of allylic oxidation sites excluding steroid dienone is 2. The van der Waals surface area contributed by atoms with Gasteiger partial charge >= 0.3 is 228 Å². The van der Waals surface area contributed by atoms with Gasteiger partial charge in [-0.2, -0.15) is 0 Å². The third-order valence-corrected chi connectivity index (χ3v) is 28.5. The molecule has 2 atom stereocenters. The van der Waals surface area contributed by atoms with Crippen molar-refractivity contribution in [2.45, 2.75) is 157 Å². The van der Waals surface area contributed by atoms with Crippen LogP contribution in [0, 0.1) is 5.92 Å². The van der Waals surface area contributed by atoms with Crippen LogP contribution in [0.5, 0.6) is 0 Å². The Morgan fingerprint density at radius 3 is 1.57 bits per heavy atom. The Bertz CT molecular complexity index is 553. The first-order chi connectivity index (χ1) is 16.5. The molecular formula is C31H64O2SiSn. The maximum absolute atomic E-state index is 10.9. The molecular weight excluding hydrogens is 551 g/mol. The van der Waals surface area contributed by atoms with E-state index in [2.05, 4.69) is 92.4 Å². The van der Waals surface area contributed by atoms with Crippen LogP contribution < -0.4 is 0 Å². The fraction of sp³-hybridized carbons (Fsp3) is 0.871. The molecule has 0 unspecified atom stereocenters. The summed E-state index contributed by atoms with van der Waals surface area (Å²) in [5.41, 5.74) is 3.02. The normalized spacial score (nSPS) is 15.7. The van der Waals surface area contributed by atoms with Crippen molar-refractivity contribution < 1.29 is 9.53 Å². The van der Waals surface area contributed by atoms with Crippen molar-refractivity contribution in [3.8, 4) is 0 Å². The Balaban J connectivity index is 5.92. The van der Waals surface area contributed by atoms with Gasteiger partial charge < -0.3 is 0 Å². The van der Waals surface area contributed by atoms with Gasteiger partial charge in [-0.05, 0) is 0 Å². The van der Waals surface area contributed by atoms with E-state index in [1.54, 1.807) is 0 Å². The van der Waals surface area contributed by atoms with Crippen LogP contribution >= 0.6 is 0 Å². The van der Waals surface area contributed by atoms with Crippen molar-refractivity contribution in [3.05, 3.63) is 21.8 Å². The molecule has 0 saturated carbocycles. The number of aliphatic hydroxyl groups excluding tert-OH is 1. The number of unbranched alkanes of at least 4 members (excludes halogenated alkanes) is 3. The quantitative estimate of drug-likeness (QED) is 0.109. The first kappa shape index (κ1) is 35.4. The molecule has 0 aliphatic heterocycles. The molecule has 0 radical (unpaired) electrons. The molecule has 0 saturated heterocycles. The molecule has 0 aliphatic rings. The summed E-state index contributed by atoms with van der Waals surface area (Å²) in [6, 6.07) is 0. The van der Waals surface area contributed by atoms with E-state index < -0.39 is 26.7 Å². The predicted molar refractivity (Wildman–Crippen MR) is 165 cm³/mol. The average Bonchev–Trinajstić information content (AvgIpc) is 2.81. The molecule has 2 nitrogen and oxygen atoms in total. The van der Waals surface area contributed by atoms with E-state index in [9.17, 15) is 5.11 Å². The van der Waals surface area contributed by atoms with Crippen molar-refractivity contribution in [1.82, 2.24) is 0 Å². The predicted octanol–water partition coefficient (Wildman–Crippen LogP) is 10.5. The van der Waals surface area contributed by atoms with Gasteiger partial charge in [0.1, 0.15) is 0 Å². The van der Waals surface area contributed by atoms with E-state index >= 15 is 0 Å². The molecule has 0 heterocycles. The zero-order chi connectivity index (χ0) is 27.1. The third-order valence-electron chi connectivity index (χ3n) is 8.41. The summed E-state index contributed by atoms with van der Waals surface area (Å²) in [4.78, 5) is 0. The summed E-state index contributed by atoms with van der Waals surface area (Å²) < 4.78 is 14.2. The molecule has 4 heteroatoms. The maximum atomic E-state index is 10.9. The van der Waals surface area contributed by atoms with Crippen molar-refractivity contribution in [2.75, 3.05) is 6.61 Å². The van der Waals surface area contributed by atoms with Crippen molar-refractivity contribution >= 4 is 26.7 Å². The molecule has 35 heavy (non-hydrogen) atoms. The second-order valence-electron chi connectivity index (χ2n) is 12.2. The number of aliphatic hydroxyl groups is 1. The molecule has 208 valence electrons. The summed E-state index contributed by atoms with van der Waals surface area (Å²) in [5.74, 6) is 0.0688. The third kappa shape index (κ3) is 11.8. The van der Waals surface area contributed by atoms with Crippen molar-refractivity contribution in [2.24, 2.45) is 5.92 Å². The summed E-state index contributed by atoms with van der Waals surface area (Å²) in [7, 11) is -1.94. The average molecular weight is 616 g/mol. The van der Waals surface area contributed by atoms with Crippen LogP contribution in [0.2, 0.25) is 29.9 Å². The van der Waals surface area contributed by atoms with Crippen molar-refractivity contribution in [3.63, 3.8) is 0 Å². The van der Waals surface area contributed by atoms with Gasteiger partial charge in [-0.25, -0.2) is 0 Å². The molecule has 0 bridgehead atoms. The van der Waals surface area contributed by atoms with Crippen LogP contribution in [-0.4, -0.2) is 44.5 Å². The fourth-order valence-corrected chi connectivity index (χ4v) is 26.1. The monoisotopic (exact) mass is 616 g/mol. The van der Waals surface area contributed by atoms with Gasteiger partial charge in [0.05, 0.1) is 0 Å². The van der Waals surface area contributed by atoms with Gasteiger partial charge in [-0.3, -0.25) is 0 Å². The van der Waals surface area contributed by atoms with Gasteiger partial charge in [0.15, 0.2) is 0 Å². The van der Waals surface area contributed by atoms with E-state index in [1.165, 1.54) is 57.4 Å². The Labute approximate surface area is 226 Å². The van der Waals surface area contributed by atoms with Gasteiger partial charge in [-0.1, -0.05) is 0 Å². The minimum atomic E-state index is -2.29.